The van der Waals surface area contributed by atoms with Crippen LogP contribution in [0.1, 0.15) is 17.0 Å². The van der Waals surface area contributed by atoms with E-state index in [1.54, 1.807) is 31.4 Å². The van der Waals surface area contributed by atoms with Crippen LogP contribution < -0.4 is 0 Å². The summed E-state index contributed by atoms with van der Waals surface area (Å²) in [4.78, 5) is 1.24. The Balaban J connectivity index is 2.01. The van der Waals surface area contributed by atoms with Gasteiger partial charge in [-0.2, -0.15) is 0 Å². The average Bonchev–Trinajstić information content (AvgIpc) is 3.20. The van der Waals surface area contributed by atoms with Crippen molar-refractivity contribution in [1.29, 1.82) is 0 Å². The molecule has 0 saturated carbocycles. The number of rotatable bonds is 9. The molecule has 0 bridgehead atoms. The number of benzene rings is 2. The summed E-state index contributed by atoms with van der Waals surface area (Å²) in [7, 11) is 1.57. The molecule has 152 valence electrons. The largest absolute Gasteiger partial charge is 0.392 e. The molecule has 29 heavy (non-hydrogen) atoms. The van der Waals surface area contributed by atoms with E-state index in [-0.39, 0.29) is 12.6 Å². The minimum atomic E-state index is -0.402. The lowest BCUT2D eigenvalue weighted by atomic mass is 9.93. The summed E-state index contributed by atoms with van der Waals surface area (Å²) in [5, 5.41) is 22.2. The third-order valence-corrected chi connectivity index (χ3v) is 4.09. The third-order valence-electron chi connectivity index (χ3n) is 4.09. The molecule has 2 aromatic carbocycles. The highest BCUT2D eigenvalue weighted by Crippen LogP contribution is 2.31. The Kier molecular flexibility index (Phi) is 7.12. The summed E-state index contributed by atoms with van der Waals surface area (Å²) in [5.74, 6) is -0.600. The van der Waals surface area contributed by atoms with Crippen molar-refractivity contribution in [2.24, 2.45) is 0 Å². The van der Waals surface area contributed by atoms with Crippen molar-refractivity contribution >= 4 is 11.1 Å². The van der Waals surface area contributed by atoms with E-state index < -0.39 is 18.2 Å². The highest BCUT2D eigenvalue weighted by atomic mass is 19.1. The van der Waals surface area contributed by atoms with Crippen LogP contribution >= 0.6 is 0 Å². The maximum atomic E-state index is 13.4. The van der Waals surface area contributed by atoms with E-state index in [2.05, 4.69) is 15.4 Å². The standard InChI is InChI=1S/C20H20F2N4O3/c1-28-10-11-29-13-26-24-20(23-25-26)18(12-27)19(14-2-6-16(21)7-3-14)15-4-8-17(22)9-5-15/h2-9,27H,10-13H2,1H3. The third kappa shape index (κ3) is 5.29. The van der Waals surface area contributed by atoms with Gasteiger partial charge in [-0.3, -0.25) is 0 Å². The van der Waals surface area contributed by atoms with Gasteiger partial charge in [0.25, 0.3) is 0 Å². The normalized spacial score (nSPS) is 10.9. The Hall–Kier alpha value is -3.01. The van der Waals surface area contributed by atoms with E-state index in [0.29, 0.717) is 35.5 Å². The molecule has 3 aromatic rings. The van der Waals surface area contributed by atoms with E-state index >= 15 is 0 Å². The summed E-state index contributed by atoms with van der Waals surface area (Å²) >= 11 is 0. The predicted octanol–water partition coefficient (Wildman–Crippen LogP) is 2.52. The van der Waals surface area contributed by atoms with E-state index in [0.717, 1.165) is 0 Å². The molecule has 0 aliphatic rings. The van der Waals surface area contributed by atoms with Crippen molar-refractivity contribution in [3.05, 3.63) is 77.1 Å². The second kappa shape index (κ2) is 9.97. The summed E-state index contributed by atoms with van der Waals surface area (Å²) < 4.78 is 37.1. The van der Waals surface area contributed by atoms with Crippen LogP contribution in [0.25, 0.3) is 11.1 Å². The average molecular weight is 402 g/mol. The van der Waals surface area contributed by atoms with Gasteiger partial charge in [-0.1, -0.05) is 24.3 Å². The number of aromatic nitrogens is 4. The van der Waals surface area contributed by atoms with Gasteiger partial charge in [0.05, 0.1) is 19.8 Å². The van der Waals surface area contributed by atoms with Crippen molar-refractivity contribution in [1.82, 2.24) is 20.2 Å². The number of tetrazole rings is 1. The molecule has 0 amide bonds. The van der Waals surface area contributed by atoms with Crippen LogP contribution in [0.15, 0.2) is 48.5 Å². The zero-order valence-corrected chi connectivity index (χ0v) is 15.8. The molecule has 0 unspecified atom stereocenters. The van der Waals surface area contributed by atoms with Gasteiger partial charge < -0.3 is 14.6 Å². The summed E-state index contributed by atoms with van der Waals surface area (Å²) in [6, 6.07) is 11.5. The number of hydrogen-bond acceptors (Lipinski definition) is 6. The fraction of sp³-hybridized carbons (Fsp3) is 0.250. The van der Waals surface area contributed by atoms with Gasteiger partial charge in [0.1, 0.15) is 11.6 Å². The fourth-order valence-electron chi connectivity index (χ4n) is 2.72. The molecule has 7 nitrogen and oxygen atoms in total. The van der Waals surface area contributed by atoms with E-state index in [4.69, 9.17) is 9.47 Å². The molecule has 3 rings (SSSR count). The maximum Gasteiger partial charge on any atom is 0.203 e. The van der Waals surface area contributed by atoms with Crippen molar-refractivity contribution < 1.29 is 23.4 Å². The predicted molar refractivity (Wildman–Crippen MR) is 101 cm³/mol. The molecule has 0 spiro atoms. The SMILES string of the molecule is COCCOCn1nnc(C(CO)=C(c2ccc(F)cc2)c2ccc(F)cc2)n1. The summed E-state index contributed by atoms with van der Waals surface area (Å²) in [6.07, 6.45) is 0. The van der Waals surface area contributed by atoms with Gasteiger partial charge >= 0.3 is 0 Å². The second-order valence-corrected chi connectivity index (χ2v) is 6.04. The quantitative estimate of drug-likeness (QED) is 0.554. The number of aliphatic hydroxyl groups excluding tert-OH is 1. The fourth-order valence-corrected chi connectivity index (χ4v) is 2.72. The minimum absolute atomic E-state index is 0.0670. The Bertz CT molecular complexity index is 909. The molecule has 9 heteroatoms. The lowest BCUT2D eigenvalue weighted by Gasteiger charge is -2.13. The lowest BCUT2D eigenvalue weighted by molar-refractivity contribution is 0.0217. The number of hydrogen-bond donors (Lipinski definition) is 1. The molecule has 1 heterocycles. The van der Waals surface area contributed by atoms with Gasteiger partial charge in [-0.25, -0.2) is 8.78 Å². The second-order valence-electron chi connectivity index (χ2n) is 6.04. The summed E-state index contributed by atoms with van der Waals surface area (Å²) in [6.45, 7) is 0.465. The molecule has 1 aromatic heterocycles. The highest BCUT2D eigenvalue weighted by molar-refractivity contribution is 5.97. The molecule has 1 N–H and O–H groups in total. The zero-order chi connectivity index (χ0) is 20.6. The van der Waals surface area contributed by atoms with Crippen LogP contribution in [0.5, 0.6) is 0 Å². The first kappa shape index (κ1) is 20.7. The molecular formula is C20H20F2N4O3. The smallest absolute Gasteiger partial charge is 0.203 e. The Morgan fingerprint density at radius 2 is 1.55 bits per heavy atom. The van der Waals surface area contributed by atoms with E-state index in [1.165, 1.54) is 29.1 Å². The molecule has 0 fully saturated rings. The van der Waals surface area contributed by atoms with E-state index in [9.17, 15) is 13.9 Å². The molecular weight excluding hydrogens is 382 g/mol. The maximum absolute atomic E-state index is 13.4. The van der Waals surface area contributed by atoms with E-state index in [1.807, 2.05) is 0 Å². The van der Waals surface area contributed by atoms with Gasteiger partial charge in [0, 0.05) is 12.7 Å². The first-order valence-corrected chi connectivity index (χ1v) is 8.83. The first-order valence-electron chi connectivity index (χ1n) is 8.83. The molecule has 0 radical (unpaired) electrons. The molecule has 0 aliphatic carbocycles. The van der Waals surface area contributed by atoms with Crippen LogP contribution in [-0.2, 0) is 16.2 Å². The van der Waals surface area contributed by atoms with Crippen LogP contribution in [-0.4, -0.2) is 52.2 Å². The van der Waals surface area contributed by atoms with Crippen LogP contribution in [0.3, 0.4) is 0 Å². The highest BCUT2D eigenvalue weighted by Gasteiger charge is 2.18. The van der Waals surface area contributed by atoms with Crippen LogP contribution in [0, 0.1) is 11.6 Å². The van der Waals surface area contributed by atoms with Crippen molar-refractivity contribution in [3.63, 3.8) is 0 Å². The topological polar surface area (TPSA) is 82.3 Å². The van der Waals surface area contributed by atoms with Crippen molar-refractivity contribution in [2.45, 2.75) is 6.73 Å². The molecule has 0 atom stereocenters. The monoisotopic (exact) mass is 402 g/mol. The first-order chi connectivity index (χ1) is 14.1. The van der Waals surface area contributed by atoms with Gasteiger partial charge in [-0.05, 0) is 46.2 Å². The van der Waals surface area contributed by atoms with Gasteiger partial charge in [0.2, 0.25) is 5.82 Å². The minimum Gasteiger partial charge on any atom is -0.392 e. The van der Waals surface area contributed by atoms with Crippen molar-refractivity contribution in [3.8, 4) is 0 Å². The Morgan fingerprint density at radius 3 is 2.07 bits per heavy atom. The zero-order valence-electron chi connectivity index (χ0n) is 15.8. The van der Waals surface area contributed by atoms with Gasteiger partial charge in [-0.15, -0.1) is 15.0 Å². The van der Waals surface area contributed by atoms with Crippen LogP contribution in [0.4, 0.5) is 8.78 Å². The van der Waals surface area contributed by atoms with Crippen LogP contribution in [0.2, 0.25) is 0 Å². The molecule has 0 saturated heterocycles. The number of nitrogens with zero attached hydrogens (tertiary/aromatic N) is 4. The summed E-state index contributed by atoms with van der Waals surface area (Å²) in [5.41, 5.74) is 2.16. The Labute approximate surface area is 166 Å². The lowest BCUT2D eigenvalue weighted by Crippen LogP contribution is -2.10. The number of methoxy groups -OCH3 is 1. The number of ether oxygens (including phenoxy) is 2. The Morgan fingerprint density at radius 1 is 0.966 bits per heavy atom. The molecule has 0 aliphatic heterocycles. The number of aliphatic hydroxyl groups is 1. The van der Waals surface area contributed by atoms with Crippen molar-refractivity contribution in [2.75, 3.05) is 26.9 Å². The van der Waals surface area contributed by atoms with Gasteiger partial charge in [0.15, 0.2) is 6.73 Å². The number of halogens is 2.